The lowest BCUT2D eigenvalue weighted by Crippen LogP contribution is -2.37. The summed E-state index contributed by atoms with van der Waals surface area (Å²) in [6.45, 7) is 4.21. The normalized spacial score (nSPS) is 14.9. The highest BCUT2D eigenvalue weighted by Crippen LogP contribution is 2.20. The predicted octanol–water partition coefficient (Wildman–Crippen LogP) is 1.64. The minimum Gasteiger partial charge on any atom is -0.398 e. The van der Waals surface area contributed by atoms with Crippen LogP contribution >= 0.6 is 0 Å². The van der Waals surface area contributed by atoms with Crippen molar-refractivity contribution in [1.82, 2.24) is 4.90 Å². The Morgan fingerprint density at radius 3 is 2.67 bits per heavy atom. The molecule has 0 spiro atoms. The molecule has 0 aliphatic carbocycles. The molecular formula is C14H21N3O. The van der Waals surface area contributed by atoms with Crippen molar-refractivity contribution >= 4 is 17.3 Å². The minimum atomic E-state index is 0.203. The van der Waals surface area contributed by atoms with E-state index < -0.39 is 0 Å². The highest BCUT2D eigenvalue weighted by atomic mass is 16.2. The van der Waals surface area contributed by atoms with E-state index in [1.165, 1.54) is 0 Å². The van der Waals surface area contributed by atoms with Crippen LogP contribution in [-0.2, 0) is 4.79 Å². The lowest BCUT2D eigenvalue weighted by atomic mass is 10.2. The number of nitrogen functional groups attached to an aromatic ring is 1. The van der Waals surface area contributed by atoms with E-state index in [9.17, 15) is 4.79 Å². The summed E-state index contributed by atoms with van der Waals surface area (Å²) < 4.78 is 0. The molecule has 18 heavy (non-hydrogen) atoms. The molecule has 1 aromatic rings. The van der Waals surface area contributed by atoms with E-state index in [0.717, 1.165) is 42.9 Å². The molecule has 98 valence electrons. The molecule has 1 aliphatic heterocycles. The van der Waals surface area contributed by atoms with Crippen LogP contribution in [0.3, 0.4) is 0 Å². The molecule has 1 amide bonds. The maximum Gasteiger partial charge on any atom is 0.242 e. The first kappa shape index (κ1) is 12.7. The molecule has 0 bridgehead atoms. The number of aryl methyl sites for hydroxylation is 1. The van der Waals surface area contributed by atoms with Gasteiger partial charge in [-0.3, -0.25) is 4.79 Å². The van der Waals surface area contributed by atoms with Gasteiger partial charge in [-0.15, -0.1) is 0 Å². The first-order chi connectivity index (χ1) is 8.58. The minimum absolute atomic E-state index is 0.203. The van der Waals surface area contributed by atoms with E-state index in [2.05, 4.69) is 0 Å². The largest absolute Gasteiger partial charge is 0.398 e. The Morgan fingerprint density at radius 1 is 1.39 bits per heavy atom. The first-order valence-corrected chi connectivity index (χ1v) is 6.43. The van der Waals surface area contributed by atoms with Crippen LogP contribution in [0.5, 0.6) is 0 Å². The van der Waals surface area contributed by atoms with Gasteiger partial charge in [0, 0.05) is 31.5 Å². The van der Waals surface area contributed by atoms with Crippen molar-refractivity contribution in [3.05, 3.63) is 23.8 Å². The molecule has 1 heterocycles. The van der Waals surface area contributed by atoms with Crippen molar-refractivity contribution in [1.29, 1.82) is 0 Å². The summed E-state index contributed by atoms with van der Waals surface area (Å²) in [6, 6.07) is 5.91. The van der Waals surface area contributed by atoms with Crippen LogP contribution < -0.4 is 10.6 Å². The van der Waals surface area contributed by atoms with Gasteiger partial charge in [0.1, 0.15) is 0 Å². The number of nitrogens with two attached hydrogens (primary N) is 1. The summed E-state index contributed by atoms with van der Waals surface area (Å²) in [5.41, 5.74) is 8.72. The molecule has 1 saturated heterocycles. The Labute approximate surface area is 108 Å². The molecule has 0 saturated carbocycles. The van der Waals surface area contributed by atoms with Gasteiger partial charge >= 0.3 is 0 Å². The van der Waals surface area contributed by atoms with Crippen LogP contribution in [0.4, 0.5) is 11.4 Å². The maximum atomic E-state index is 12.0. The van der Waals surface area contributed by atoms with E-state index in [1.54, 1.807) is 0 Å². The van der Waals surface area contributed by atoms with Crippen molar-refractivity contribution < 1.29 is 4.79 Å². The Hall–Kier alpha value is -1.71. The van der Waals surface area contributed by atoms with Crippen molar-refractivity contribution in [2.45, 2.75) is 19.8 Å². The number of hydrogen-bond acceptors (Lipinski definition) is 3. The Morgan fingerprint density at radius 2 is 2.06 bits per heavy atom. The van der Waals surface area contributed by atoms with Crippen LogP contribution in [0.2, 0.25) is 0 Å². The molecule has 0 unspecified atom stereocenters. The molecule has 1 aliphatic rings. The molecule has 2 rings (SSSR count). The van der Waals surface area contributed by atoms with Crippen LogP contribution in [0.15, 0.2) is 18.2 Å². The average Bonchev–Trinajstić information content (AvgIpc) is 2.86. The number of rotatable bonds is 3. The van der Waals surface area contributed by atoms with Gasteiger partial charge in [0.05, 0.1) is 6.54 Å². The van der Waals surface area contributed by atoms with Gasteiger partial charge in [-0.1, -0.05) is 6.07 Å². The Kier molecular flexibility index (Phi) is 3.75. The number of amides is 1. The zero-order valence-electron chi connectivity index (χ0n) is 11.1. The second kappa shape index (κ2) is 5.29. The Bertz CT molecular complexity index is 439. The summed E-state index contributed by atoms with van der Waals surface area (Å²) >= 11 is 0. The summed E-state index contributed by atoms with van der Waals surface area (Å²) in [5, 5.41) is 0. The molecule has 1 fully saturated rings. The first-order valence-electron chi connectivity index (χ1n) is 6.43. The lowest BCUT2D eigenvalue weighted by molar-refractivity contribution is -0.128. The quantitative estimate of drug-likeness (QED) is 0.826. The second-order valence-electron chi connectivity index (χ2n) is 4.98. The van der Waals surface area contributed by atoms with Gasteiger partial charge in [-0.2, -0.15) is 0 Å². The number of benzene rings is 1. The predicted molar refractivity (Wildman–Crippen MR) is 74.7 cm³/mol. The fourth-order valence-corrected chi connectivity index (χ4v) is 2.23. The number of likely N-dealkylation sites (N-methyl/N-ethyl adjacent to an activating group) is 1. The van der Waals surface area contributed by atoms with Crippen LogP contribution in [-0.4, -0.2) is 37.5 Å². The maximum absolute atomic E-state index is 12.0. The van der Waals surface area contributed by atoms with Gasteiger partial charge in [0.15, 0.2) is 0 Å². The highest BCUT2D eigenvalue weighted by molar-refractivity contribution is 5.81. The van der Waals surface area contributed by atoms with Crippen molar-refractivity contribution in [2.24, 2.45) is 0 Å². The number of hydrogen-bond donors (Lipinski definition) is 1. The molecule has 0 radical (unpaired) electrons. The molecule has 0 atom stereocenters. The molecule has 2 N–H and O–H groups in total. The van der Waals surface area contributed by atoms with E-state index in [4.69, 9.17) is 5.73 Å². The van der Waals surface area contributed by atoms with Crippen molar-refractivity contribution in [2.75, 3.05) is 37.3 Å². The molecule has 1 aromatic carbocycles. The van der Waals surface area contributed by atoms with E-state index in [-0.39, 0.29) is 5.91 Å². The van der Waals surface area contributed by atoms with Gasteiger partial charge in [-0.05, 0) is 37.5 Å². The third-order valence-corrected chi connectivity index (χ3v) is 3.53. The van der Waals surface area contributed by atoms with Crippen molar-refractivity contribution in [3.63, 3.8) is 0 Å². The Balaban J connectivity index is 2.00. The summed E-state index contributed by atoms with van der Waals surface area (Å²) in [6.07, 6.45) is 2.26. The smallest absolute Gasteiger partial charge is 0.242 e. The molecular weight excluding hydrogens is 226 g/mol. The lowest BCUT2D eigenvalue weighted by Gasteiger charge is -2.23. The van der Waals surface area contributed by atoms with Gasteiger partial charge in [0.25, 0.3) is 0 Å². The van der Waals surface area contributed by atoms with E-state index in [1.807, 2.05) is 42.0 Å². The highest BCUT2D eigenvalue weighted by Gasteiger charge is 2.19. The summed E-state index contributed by atoms with van der Waals surface area (Å²) in [7, 11) is 1.93. The fraction of sp³-hybridized carbons (Fsp3) is 0.500. The topological polar surface area (TPSA) is 49.6 Å². The number of likely N-dealkylation sites (tertiary alicyclic amines) is 1. The molecule has 4 nitrogen and oxygen atoms in total. The zero-order valence-corrected chi connectivity index (χ0v) is 11.1. The monoisotopic (exact) mass is 247 g/mol. The molecule has 4 heteroatoms. The number of carbonyl (C=O) groups is 1. The SMILES string of the molecule is Cc1ccc(N(C)CC(=O)N2CCCC2)cc1N. The number of nitrogens with zero attached hydrogens (tertiary/aromatic N) is 2. The second-order valence-corrected chi connectivity index (χ2v) is 4.98. The van der Waals surface area contributed by atoms with Crippen LogP contribution in [0.1, 0.15) is 18.4 Å². The standard InChI is InChI=1S/C14H21N3O/c1-11-5-6-12(9-13(11)15)16(2)10-14(18)17-7-3-4-8-17/h5-6,9H,3-4,7-8,10,15H2,1-2H3. The zero-order chi connectivity index (χ0) is 13.1. The van der Waals surface area contributed by atoms with Gasteiger partial charge in [0.2, 0.25) is 5.91 Å². The summed E-state index contributed by atoms with van der Waals surface area (Å²) in [4.78, 5) is 15.9. The fourth-order valence-electron chi connectivity index (χ4n) is 2.23. The van der Waals surface area contributed by atoms with Crippen molar-refractivity contribution in [3.8, 4) is 0 Å². The van der Waals surface area contributed by atoms with Gasteiger partial charge < -0.3 is 15.5 Å². The summed E-state index contributed by atoms with van der Waals surface area (Å²) in [5.74, 6) is 0.203. The van der Waals surface area contributed by atoms with Crippen LogP contribution in [0, 0.1) is 6.92 Å². The van der Waals surface area contributed by atoms with Crippen LogP contribution in [0.25, 0.3) is 0 Å². The van der Waals surface area contributed by atoms with Gasteiger partial charge in [-0.25, -0.2) is 0 Å². The number of anilines is 2. The van der Waals surface area contributed by atoms with E-state index in [0.29, 0.717) is 6.54 Å². The average molecular weight is 247 g/mol. The number of carbonyl (C=O) groups excluding carboxylic acids is 1. The third kappa shape index (κ3) is 2.75. The molecule has 0 aromatic heterocycles. The third-order valence-electron chi connectivity index (χ3n) is 3.53. The van der Waals surface area contributed by atoms with E-state index >= 15 is 0 Å².